The smallest absolute Gasteiger partial charge is 0.258 e. The number of hydrogen-bond acceptors (Lipinski definition) is 4. The molecule has 3 rings (SSSR count). The number of benzene rings is 1. The predicted molar refractivity (Wildman–Crippen MR) is 107 cm³/mol. The first-order valence-corrected chi connectivity index (χ1v) is 10.3. The van der Waals surface area contributed by atoms with Gasteiger partial charge in [0.15, 0.2) is 6.61 Å². The molecule has 2 heterocycles. The van der Waals surface area contributed by atoms with E-state index in [9.17, 15) is 4.79 Å². The van der Waals surface area contributed by atoms with Crippen molar-refractivity contribution in [2.75, 3.05) is 26.2 Å². The molecule has 1 atom stereocenters. The Balaban J connectivity index is 1.54. The third kappa shape index (κ3) is 4.78. The zero-order valence-corrected chi connectivity index (χ0v) is 16.8. The van der Waals surface area contributed by atoms with Crippen LogP contribution in [0.25, 0.3) is 0 Å². The van der Waals surface area contributed by atoms with Crippen molar-refractivity contribution in [2.45, 2.75) is 32.7 Å². The monoisotopic (exact) mass is 392 g/mol. The van der Waals surface area contributed by atoms with Gasteiger partial charge in [-0.2, -0.15) is 11.3 Å². The SMILES string of the molecule is Cc1cc(OCC(=O)NCC(c2ccsc2)N2CCCC2)cc(C)c1Cl. The van der Waals surface area contributed by atoms with Crippen molar-refractivity contribution in [1.82, 2.24) is 10.2 Å². The molecule has 0 spiro atoms. The standard InChI is InChI=1S/C20H25ClN2O2S/c1-14-9-17(10-15(2)20(14)21)25-12-19(24)22-11-18(16-5-8-26-13-16)23-6-3-4-7-23/h5,8-10,13,18H,3-4,6-7,11-12H2,1-2H3,(H,22,24). The van der Waals surface area contributed by atoms with Crippen molar-refractivity contribution >= 4 is 28.8 Å². The van der Waals surface area contributed by atoms with Gasteiger partial charge in [0, 0.05) is 11.6 Å². The number of ether oxygens (including phenoxy) is 1. The molecule has 1 aromatic carbocycles. The van der Waals surface area contributed by atoms with Gasteiger partial charge in [0.25, 0.3) is 5.91 Å². The summed E-state index contributed by atoms with van der Waals surface area (Å²) in [6, 6.07) is 6.12. The van der Waals surface area contributed by atoms with Crippen molar-refractivity contribution in [3.8, 4) is 5.75 Å². The molecule has 1 aliphatic heterocycles. The van der Waals surface area contributed by atoms with Crippen LogP contribution in [0.2, 0.25) is 5.02 Å². The number of likely N-dealkylation sites (tertiary alicyclic amines) is 1. The highest BCUT2D eigenvalue weighted by molar-refractivity contribution is 7.07. The highest BCUT2D eigenvalue weighted by Gasteiger charge is 2.24. The fourth-order valence-corrected chi connectivity index (χ4v) is 4.19. The lowest BCUT2D eigenvalue weighted by Crippen LogP contribution is -2.38. The molecule has 1 fully saturated rings. The van der Waals surface area contributed by atoms with E-state index in [2.05, 4.69) is 27.0 Å². The molecule has 4 nitrogen and oxygen atoms in total. The summed E-state index contributed by atoms with van der Waals surface area (Å²) in [7, 11) is 0. The van der Waals surface area contributed by atoms with Gasteiger partial charge in [0.2, 0.25) is 0 Å². The van der Waals surface area contributed by atoms with E-state index in [0.29, 0.717) is 12.3 Å². The summed E-state index contributed by atoms with van der Waals surface area (Å²) >= 11 is 7.87. The normalized spacial score (nSPS) is 15.8. The molecule has 1 aromatic heterocycles. The first-order chi connectivity index (χ1) is 12.5. The maximum atomic E-state index is 12.3. The predicted octanol–water partition coefficient (Wildman–Crippen LogP) is 4.35. The molecule has 1 aliphatic rings. The Morgan fingerprint density at radius 2 is 2.00 bits per heavy atom. The number of rotatable bonds is 7. The molecule has 1 saturated heterocycles. The zero-order chi connectivity index (χ0) is 18.5. The van der Waals surface area contributed by atoms with Gasteiger partial charge in [-0.25, -0.2) is 0 Å². The number of aryl methyl sites for hydroxylation is 2. The molecule has 0 aliphatic carbocycles. The maximum Gasteiger partial charge on any atom is 0.258 e. The maximum absolute atomic E-state index is 12.3. The Bertz CT molecular complexity index is 719. The van der Waals surface area contributed by atoms with Crippen molar-refractivity contribution < 1.29 is 9.53 Å². The van der Waals surface area contributed by atoms with E-state index in [0.717, 1.165) is 29.2 Å². The summed E-state index contributed by atoms with van der Waals surface area (Å²) in [5.41, 5.74) is 3.18. The lowest BCUT2D eigenvalue weighted by atomic mass is 10.1. The molecule has 0 saturated carbocycles. The van der Waals surface area contributed by atoms with Crippen LogP contribution in [0.3, 0.4) is 0 Å². The number of carbonyl (C=O) groups is 1. The van der Waals surface area contributed by atoms with E-state index < -0.39 is 0 Å². The van der Waals surface area contributed by atoms with E-state index in [1.54, 1.807) is 11.3 Å². The summed E-state index contributed by atoms with van der Waals surface area (Å²) in [6.07, 6.45) is 2.46. The molecule has 2 aromatic rings. The summed E-state index contributed by atoms with van der Waals surface area (Å²) in [6.45, 7) is 6.68. The van der Waals surface area contributed by atoms with E-state index in [4.69, 9.17) is 16.3 Å². The Morgan fingerprint density at radius 3 is 2.62 bits per heavy atom. The molecule has 1 unspecified atom stereocenters. The Labute approximate surface area is 164 Å². The number of thiophene rings is 1. The Morgan fingerprint density at radius 1 is 1.31 bits per heavy atom. The lowest BCUT2D eigenvalue weighted by molar-refractivity contribution is -0.123. The van der Waals surface area contributed by atoms with Gasteiger partial charge in [-0.05, 0) is 85.4 Å². The largest absolute Gasteiger partial charge is 0.484 e. The summed E-state index contributed by atoms with van der Waals surface area (Å²) in [5.74, 6) is 0.572. The third-order valence-electron chi connectivity index (χ3n) is 4.78. The van der Waals surface area contributed by atoms with E-state index in [1.807, 2.05) is 26.0 Å². The van der Waals surface area contributed by atoms with Crippen LogP contribution in [0.4, 0.5) is 0 Å². The van der Waals surface area contributed by atoms with E-state index in [-0.39, 0.29) is 18.6 Å². The summed E-state index contributed by atoms with van der Waals surface area (Å²) in [5, 5.41) is 8.04. The van der Waals surface area contributed by atoms with Gasteiger partial charge in [0.05, 0.1) is 6.04 Å². The number of nitrogens with zero attached hydrogens (tertiary/aromatic N) is 1. The second-order valence-corrected chi connectivity index (χ2v) is 7.94. The van der Waals surface area contributed by atoms with Crippen LogP contribution in [-0.2, 0) is 4.79 Å². The zero-order valence-electron chi connectivity index (χ0n) is 15.3. The fraction of sp³-hybridized carbons (Fsp3) is 0.450. The highest BCUT2D eigenvalue weighted by atomic mass is 35.5. The van der Waals surface area contributed by atoms with Gasteiger partial charge < -0.3 is 10.1 Å². The lowest BCUT2D eigenvalue weighted by Gasteiger charge is -2.27. The van der Waals surface area contributed by atoms with E-state index >= 15 is 0 Å². The van der Waals surface area contributed by atoms with Gasteiger partial charge >= 0.3 is 0 Å². The first kappa shape index (κ1) is 19.2. The van der Waals surface area contributed by atoms with Crippen molar-refractivity contribution in [1.29, 1.82) is 0 Å². The molecule has 140 valence electrons. The quantitative estimate of drug-likeness (QED) is 0.761. The van der Waals surface area contributed by atoms with Crippen LogP contribution in [-0.4, -0.2) is 37.0 Å². The van der Waals surface area contributed by atoms with Gasteiger partial charge in [-0.1, -0.05) is 11.6 Å². The third-order valence-corrected chi connectivity index (χ3v) is 6.08. The molecule has 26 heavy (non-hydrogen) atoms. The number of carbonyl (C=O) groups excluding carboxylic acids is 1. The molecular formula is C20H25ClN2O2S. The van der Waals surface area contributed by atoms with Crippen LogP contribution in [0, 0.1) is 13.8 Å². The number of halogens is 1. The minimum Gasteiger partial charge on any atom is -0.484 e. The average Bonchev–Trinajstić information content (AvgIpc) is 3.32. The molecule has 1 amide bonds. The van der Waals surface area contributed by atoms with Crippen LogP contribution in [0.15, 0.2) is 29.0 Å². The van der Waals surface area contributed by atoms with Crippen LogP contribution < -0.4 is 10.1 Å². The summed E-state index contributed by atoms with van der Waals surface area (Å²) in [4.78, 5) is 14.7. The minimum absolute atomic E-state index is 0.0108. The second-order valence-electron chi connectivity index (χ2n) is 6.78. The number of amides is 1. The van der Waals surface area contributed by atoms with Gasteiger partial charge in [0.1, 0.15) is 5.75 Å². The van der Waals surface area contributed by atoms with Crippen molar-refractivity contribution in [2.24, 2.45) is 0 Å². The van der Waals surface area contributed by atoms with Crippen LogP contribution in [0.1, 0.15) is 35.6 Å². The minimum atomic E-state index is -0.102. The Kier molecular flexibility index (Phi) is 6.57. The van der Waals surface area contributed by atoms with Gasteiger partial charge in [-0.3, -0.25) is 9.69 Å². The van der Waals surface area contributed by atoms with Crippen molar-refractivity contribution in [3.05, 3.63) is 50.7 Å². The summed E-state index contributed by atoms with van der Waals surface area (Å²) < 4.78 is 5.65. The fourth-order valence-electron chi connectivity index (χ4n) is 3.38. The number of nitrogens with one attached hydrogen (secondary N) is 1. The number of hydrogen-bond donors (Lipinski definition) is 1. The average molecular weight is 393 g/mol. The van der Waals surface area contributed by atoms with E-state index in [1.165, 1.54) is 18.4 Å². The Hall–Kier alpha value is -1.56. The highest BCUT2D eigenvalue weighted by Crippen LogP contribution is 2.27. The van der Waals surface area contributed by atoms with Gasteiger partial charge in [-0.15, -0.1) is 0 Å². The first-order valence-electron chi connectivity index (χ1n) is 8.97. The molecule has 1 N–H and O–H groups in total. The van der Waals surface area contributed by atoms with Crippen molar-refractivity contribution in [3.63, 3.8) is 0 Å². The molecule has 0 radical (unpaired) electrons. The second kappa shape index (κ2) is 8.89. The van der Waals surface area contributed by atoms with Crippen LogP contribution >= 0.6 is 22.9 Å². The molecule has 0 bridgehead atoms. The molecule has 6 heteroatoms. The molecular weight excluding hydrogens is 368 g/mol. The van der Waals surface area contributed by atoms with Crippen LogP contribution in [0.5, 0.6) is 5.75 Å². The topological polar surface area (TPSA) is 41.6 Å².